The van der Waals surface area contributed by atoms with Crippen LogP contribution in [0.2, 0.25) is 0 Å². The van der Waals surface area contributed by atoms with E-state index in [2.05, 4.69) is 16.0 Å². The van der Waals surface area contributed by atoms with Gasteiger partial charge in [-0.2, -0.15) is 0 Å². The molecule has 5 heteroatoms. The van der Waals surface area contributed by atoms with E-state index in [1.807, 2.05) is 20.8 Å². The van der Waals surface area contributed by atoms with Crippen molar-refractivity contribution in [2.75, 3.05) is 19.6 Å². The number of carbonyl (C=O) groups excluding carboxylic acids is 2. The quantitative estimate of drug-likeness (QED) is 0.635. The van der Waals surface area contributed by atoms with Crippen LogP contribution in [0.4, 0.5) is 0 Å². The third kappa shape index (κ3) is 4.34. The van der Waals surface area contributed by atoms with Crippen LogP contribution in [0.25, 0.3) is 0 Å². The molecule has 3 N–H and O–H groups in total. The maximum atomic E-state index is 11.9. The normalized spacial score (nSPS) is 23.8. The van der Waals surface area contributed by atoms with Gasteiger partial charge in [0.05, 0.1) is 12.1 Å². The van der Waals surface area contributed by atoms with Crippen molar-refractivity contribution in [2.45, 2.75) is 39.2 Å². The lowest BCUT2D eigenvalue weighted by Crippen LogP contribution is -2.53. The molecule has 1 unspecified atom stereocenters. The Morgan fingerprint density at radius 3 is 2.59 bits per heavy atom. The van der Waals surface area contributed by atoms with E-state index in [9.17, 15) is 9.59 Å². The highest BCUT2D eigenvalue weighted by Gasteiger charge is 2.35. The van der Waals surface area contributed by atoms with Crippen molar-refractivity contribution in [3.05, 3.63) is 0 Å². The molecule has 1 rings (SSSR count). The monoisotopic (exact) mass is 241 g/mol. The molecule has 0 aromatic heterocycles. The van der Waals surface area contributed by atoms with Crippen LogP contribution in [-0.4, -0.2) is 37.0 Å². The number of rotatable bonds is 5. The van der Waals surface area contributed by atoms with Gasteiger partial charge in [0.2, 0.25) is 11.8 Å². The van der Waals surface area contributed by atoms with E-state index in [1.165, 1.54) is 0 Å². The third-order valence-corrected chi connectivity index (χ3v) is 2.99. The topological polar surface area (TPSA) is 70.2 Å². The predicted molar refractivity (Wildman–Crippen MR) is 66.5 cm³/mol. The highest BCUT2D eigenvalue weighted by molar-refractivity contribution is 5.90. The molecule has 0 aromatic carbocycles. The number of nitrogens with one attached hydrogen (secondary N) is 3. The first kappa shape index (κ1) is 14.0. The summed E-state index contributed by atoms with van der Waals surface area (Å²) in [6.07, 6.45) is 1.83. The van der Waals surface area contributed by atoms with E-state index in [1.54, 1.807) is 0 Å². The van der Waals surface area contributed by atoms with E-state index < -0.39 is 5.54 Å². The highest BCUT2D eigenvalue weighted by Crippen LogP contribution is 2.18. The SMILES string of the molecule is CC(C)CNC(=O)CNC(=O)C1(C)CCCN1. The Balaban J connectivity index is 2.25. The van der Waals surface area contributed by atoms with Gasteiger partial charge in [0.1, 0.15) is 0 Å². The van der Waals surface area contributed by atoms with E-state index in [0.717, 1.165) is 19.4 Å². The summed E-state index contributed by atoms with van der Waals surface area (Å²) in [4.78, 5) is 23.3. The highest BCUT2D eigenvalue weighted by atomic mass is 16.2. The molecule has 1 atom stereocenters. The Morgan fingerprint density at radius 2 is 2.06 bits per heavy atom. The molecule has 1 fully saturated rings. The fourth-order valence-corrected chi connectivity index (χ4v) is 1.82. The molecule has 1 saturated heterocycles. The van der Waals surface area contributed by atoms with Crippen molar-refractivity contribution in [3.8, 4) is 0 Å². The Morgan fingerprint density at radius 1 is 1.35 bits per heavy atom. The first-order valence-electron chi connectivity index (χ1n) is 6.24. The fraction of sp³-hybridized carbons (Fsp3) is 0.833. The summed E-state index contributed by atoms with van der Waals surface area (Å²) >= 11 is 0. The Bertz CT molecular complexity index is 283. The summed E-state index contributed by atoms with van der Waals surface area (Å²) in [7, 11) is 0. The molecule has 0 spiro atoms. The first-order valence-corrected chi connectivity index (χ1v) is 6.24. The Labute approximate surface area is 103 Å². The number of carbonyl (C=O) groups is 2. The molecule has 1 aliphatic heterocycles. The lowest BCUT2D eigenvalue weighted by atomic mass is 9.99. The zero-order valence-corrected chi connectivity index (χ0v) is 10.9. The van der Waals surface area contributed by atoms with Gasteiger partial charge in [-0.3, -0.25) is 9.59 Å². The molecule has 17 heavy (non-hydrogen) atoms. The molecule has 1 heterocycles. The lowest BCUT2D eigenvalue weighted by Gasteiger charge is -2.22. The molecule has 0 aromatic rings. The fourth-order valence-electron chi connectivity index (χ4n) is 1.82. The van der Waals surface area contributed by atoms with Gasteiger partial charge in [0, 0.05) is 6.54 Å². The summed E-state index contributed by atoms with van der Waals surface area (Å²) in [5.74, 6) is 0.201. The van der Waals surface area contributed by atoms with Crippen LogP contribution in [0.5, 0.6) is 0 Å². The second-order valence-corrected chi connectivity index (χ2v) is 5.24. The van der Waals surface area contributed by atoms with E-state index >= 15 is 0 Å². The molecule has 0 bridgehead atoms. The smallest absolute Gasteiger partial charge is 0.240 e. The van der Waals surface area contributed by atoms with Crippen LogP contribution in [-0.2, 0) is 9.59 Å². The predicted octanol–water partition coefficient (Wildman–Crippen LogP) is 0.0169. The van der Waals surface area contributed by atoms with Gasteiger partial charge in [-0.05, 0) is 32.2 Å². The van der Waals surface area contributed by atoms with Gasteiger partial charge in [0.15, 0.2) is 0 Å². The van der Waals surface area contributed by atoms with Crippen LogP contribution >= 0.6 is 0 Å². The van der Waals surface area contributed by atoms with E-state index in [4.69, 9.17) is 0 Å². The van der Waals surface area contributed by atoms with Gasteiger partial charge >= 0.3 is 0 Å². The van der Waals surface area contributed by atoms with Crippen LogP contribution in [0.1, 0.15) is 33.6 Å². The van der Waals surface area contributed by atoms with Gasteiger partial charge in [-0.1, -0.05) is 13.8 Å². The zero-order valence-electron chi connectivity index (χ0n) is 10.9. The summed E-state index contributed by atoms with van der Waals surface area (Å²) in [5, 5.41) is 8.60. The number of hydrogen-bond donors (Lipinski definition) is 3. The van der Waals surface area contributed by atoms with Crippen LogP contribution in [0, 0.1) is 5.92 Å². The van der Waals surface area contributed by atoms with Gasteiger partial charge in [0.25, 0.3) is 0 Å². The Kier molecular flexibility index (Phi) is 4.93. The minimum absolute atomic E-state index is 0.0584. The molecule has 5 nitrogen and oxygen atoms in total. The molecule has 98 valence electrons. The van der Waals surface area contributed by atoms with E-state index in [-0.39, 0.29) is 18.4 Å². The largest absolute Gasteiger partial charge is 0.354 e. The summed E-state index contributed by atoms with van der Waals surface area (Å²) in [6.45, 7) is 7.50. The third-order valence-electron chi connectivity index (χ3n) is 2.99. The second kappa shape index (κ2) is 6.00. The summed E-state index contributed by atoms with van der Waals surface area (Å²) in [6, 6.07) is 0. The van der Waals surface area contributed by atoms with E-state index in [0.29, 0.717) is 12.5 Å². The lowest BCUT2D eigenvalue weighted by molar-refractivity contribution is -0.129. The van der Waals surface area contributed by atoms with Crippen molar-refractivity contribution in [2.24, 2.45) is 5.92 Å². The average molecular weight is 241 g/mol. The van der Waals surface area contributed by atoms with Crippen LogP contribution in [0.3, 0.4) is 0 Å². The van der Waals surface area contributed by atoms with Gasteiger partial charge in [-0.25, -0.2) is 0 Å². The first-order chi connectivity index (χ1) is 7.94. The van der Waals surface area contributed by atoms with Gasteiger partial charge < -0.3 is 16.0 Å². The van der Waals surface area contributed by atoms with Crippen molar-refractivity contribution in [1.29, 1.82) is 0 Å². The minimum Gasteiger partial charge on any atom is -0.354 e. The summed E-state index contributed by atoms with van der Waals surface area (Å²) in [5.41, 5.74) is -0.502. The molecular formula is C12H23N3O2. The molecule has 1 aliphatic rings. The number of hydrogen-bond acceptors (Lipinski definition) is 3. The van der Waals surface area contributed by atoms with Crippen molar-refractivity contribution < 1.29 is 9.59 Å². The molecule has 0 radical (unpaired) electrons. The van der Waals surface area contributed by atoms with Crippen LogP contribution in [0.15, 0.2) is 0 Å². The molecular weight excluding hydrogens is 218 g/mol. The maximum Gasteiger partial charge on any atom is 0.240 e. The standard InChI is InChI=1S/C12H23N3O2/c1-9(2)7-13-10(16)8-14-11(17)12(3)5-4-6-15-12/h9,15H,4-8H2,1-3H3,(H,13,16)(H,14,17). The van der Waals surface area contributed by atoms with Crippen molar-refractivity contribution in [3.63, 3.8) is 0 Å². The minimum atomic E-state index is -0.502. The Hall–Kier alpha value is -1.10. The molecule has 2 amide bonds. The maximum absolute atomic E-state index is 11.9. The second-order valence-electron chi connectivity index (χ2n) is 5.24. The summed E-state index contributed by atoms with van der Waals surface area (Å²) < 4.78 is 0. The van der Waals surface area contributed by atoms with Crippen molar-refractivity contribution in [1.82, 2.24) is 16.0 Å². The van der Waals surface area contributed by atoms with Gasteiger partial charge in [-0.15, -0.1) is 0 Å². The number of amides is 2. The average Bonchev–Trinajstić information content (AvgIpc) is 2.71. The van der Waals surface area contributed by atoms with Crippen molar-refractivity contribution >= 4 is 11.8 Å². The zero-order chi connectivity index (χ0) is 12.9. The molecule has 0 saturated carbocycles. The van der Waals surface area contributed by atoms with Crippen LogP contribution < -0.4 is 16.0 Å². The molecule has 0 aliphatic carbocycles.